The number of likely N-dealkylation sites (N-methyl/N-ethyl adjacent to an activating group) is 1. The number of hydrogen-bond donors (Lipinski definition) is 1. The largest absolute Gasteiger partial charge is 0.465 e. The number of carbonyl (C=O) groups is 2. The van der Waals surface area contributed by atoms with Gasteiger partial charge in [0.2, 0.25) is 5.91 Å². The van der Waals surface area contributed by atoms with Crippen molar-refractivity contribution in [2.75, 3.05) is 45.6 Å². The maximum absolute atomic E-state index is 12.0. The lowest BCUT2D eigenvalue weighted by atomic mass is 10.1. The smallest absolute Gasteiger partial charge is 0.306 e. The van der Waals surface area contributed by atoms with E-state index in [-0.39, 0.29) is 24.7 Å². The molecule has 0 aromatic heterocycles. The predicted octanol–water partition coefficient (Wildman–Crippen LogP) is 0.909. The molecule has 1 amide bonds. The Morgan fingerprint density at radius 3 is 2.39 bits per heavy atom. The van der Waals surface area contributed by atoms with Gasteiger partial charge in [-0.1, -0.05) is 12.1 Å². The molecule has 1 saturated heterocycles. The van der Waals surface area contributed by atoms with Crippen LogP contribution in [0.15, 0.2) is 24.3 Å². The quantitative estimate of drug-likeness (QED) is 0.623. The molecular formula is C17H25N3O3. The highest BCUT2D eigenvalue weighted by Crippen LogP contribution is 2.07. The number of nitrogens with two attached hydrogens (primary N) is 1. The fourth-order valence-electron chi connectivity index (χ4n) is 2.46. The third-order valence-electron chi connectivity index (χ3n) is 4.03. The second-order valence-corrected chi connectivity index (χ2v) is 5.90. The van der Waals surface area contributed by atoms with Crippen LogP contribution in [0.3, 0.4) is 0 Å². The third-order valence-corrected chi connectivity index (χ3v) is 4.03. The minimum atomic E-state index is -0.317. The van der Waals surface area contributed by atoms with Crippen LogP contribution in [0.4, 0.5) is 5.69 Å². The summed E-state index contributed by atoms with van der Waals surface area (Å²) < 4.78 is 5.18. The van der Waals surface area contributed by atoms with Crippen LogP contribution in [0.2, 0.25) is 0 Å². The average Bonchev–Trinajstić information content (AvgIpc) is 2.55. The van der Waals surface area contributed by atoms with E-state index in [9.17, 15) is 9.59 Å². The maximum atomic E-state index is 12.0. The van der Waals surface area contributed by atoms with Crippen LogP contribution in [0.1, 0.15) is 18.4 Å². The van der Waals surface area contributed by atoms with Gasteiger partial charge in [-0.3, -0.25) is 9.59 Å². The molecule has 0 spiro atoms. The zero-order valence-electron chi connectivity index (χ0n) is 13.7. The van der Waals surface area contributed by atoms with E-state index in [4.69, 9.17) is 10.5 Å². The first-order chi connectivity index (χ1) is 11.0. The molecule has 23 heavy (non-hydrogen) atoms. The van der Waals surface area contributed by atoms with Crippen molar-refractivity contribution >= 4 is 17.6 Å². The number of piperazine rings is 1. The zero-order chi connectivity index (χ0) is 16.7. The minimum absolute atomic E-state index is 0.0357. The van der Waals surface area contributed by atoms with Crippen LogP contribution >= 0.6 is 0 Å². The van der Waals surface area contributed by atoms with Gasteiger partial charge in [-0.2, -0.15) is 0 Å². The normalized spacial score (nSPS) is 15.4. The standard InChI is InChI=1S/C17H25N3O3/c1-19-9-11-20(12-10-19)16(21)6-7-17(22)23-13-8-14-2-4-15(18)5-3-14/h2-5H,6-13,18H2,1H3. The number of rotatable bonds is 6. The first-order valence-corrected chi connectivity index (χ1v) is 8.01. The second kappa shape index (κ2) is 8.53. The molecule has 2 rings (SSSR count). The summed E-state index contributed by atoms with van der Waals surface area (Å²) in [5.74, 6) is -0.281. The van der Waals surface area contributed by atoms with Gasteiger partial charge in [0, 0.05) is 44.7 Å². The summed E-state index contributed by atoms with van der Waals surface area (Å²) in [6.07, 6.45) is 1.02. The van der Waals surface area contributed by atoms with E-state index in [1.807, 2.05) is 36.2 Å². The number of nitrogen functional groups attached to an aromatic ring is 1. The molecule has 1 aromatic rings. The molecule has 6 heteroatoms. The number of carbonyl (C=O) groups excluding carboxylic acids is 2. The SMILES string of the molecule is CN1CCN(C(=O)CCC(=O)OCCc2ccc(N)cc2)CC1. The monoisotopic (exact) mass is 319 g/mol. The summed E-state index contributed by atoms with van der Waals surface area (Å²) >= 11 is 0. The number of anilines is 1. The molecule has 1 fully saturated rings. The highest BCUT2D eigenvalue weighted by atomic mass is 16.5. The summed E-state index contributed by atoms with van der Waals surface area (Å²) in [7, 11) is 2.04. The molecule has 6 nitrogen and oxygen atoms in total. The van der Waals surface area contributed by atoms with Crippen molar-refractivity contribution in [2.45, 2.75) is 19.3 Å². The topological polar surface area (TPSA) is 75.9 Å². The van der Waals surface area contributed by atoms with E-state index < -0.39 is 0 Å². The Morgan fingerprint density at radius 2 is 1.74 bits per heavy atom. The van der Waals surface area contributed by atoms with Crippen molar-refractivity contribution in [3.8, 4) is 0 Å². The second-order valence-electron chi connectivity index (χ2n) is 5.90. The van der Waals surface area contributed by atoms with Gasteiger partial charge >= 0.3 is 5.97 Å². The molecule has 1 aliphatic rings. The van der Waals surface area contributed by atoms with Crippen molar-refractivity contribution in [1.82, 2.24) is 9.80 Å². The van der Waals surface area contributed by atoms with Crippen LogP contribution in [-0.2, 0) is 20.7 Å². The van der Waals surface area contributed by atoms with Crippen LogP contribution < -0.4 is 5.73 Å². The van der Waals surface area contributed by atoms with Crippen molar-refractivity contribution in [3.63, 3.8) is 0 Å². The lowest BCUT2D eigenvalue weighted by Crippen LogP contribution is -2.47. The molecule has 0 bridgehead atoms. The van der Waals surface area contributed by atoms with Gasteiger partial charge in [-0.25, -0.2) is 0 Å². The van der Waals surface area contributed by atoms with Gasteiger partial charge in [0.1, 0.15) is 0 Å². The van der Waals surface area contributed by atoms with Gasteiger partial charge in [0.05, 0.1) is 13.0 Å². The van der Waals surface area contributed by atoms with Crippen LogP contribution in [0.5, 0.6) is 0 Å². The highest BCUT2D eigenvalue weighted by Gasteiger charge is 2.19. The Labute approximate surface area is 137 Å². The molecule has 0 aliphatic carbocycles. The number of hydrogen-bond acceptors (Lipinski definition) is 5. The van der Waals surface area contributed by atoms with Gasteiger partial charge < -0.3 is 20.3 Å². The van der Waals surface area contributed by atoms with Crippen LogP contribution in [0.25, 0.3) is 0 Å². The molecule has 0 radical (unpaired) electrons. The van der Waals surface area contributed by atoms with E-state index in [1.54, 1.807) is 0 Å². The Hall–Kier alpha value is -2.08. The molecule has 0 saturated carbocycles. The van der Waals surface area contributed by atoms with Crippen molar-refractivity contribution in [1.29, 1.82) is 0 Å². The molecule has 0 atom stereocenters. The van der Waals surface area contributed by atoms with Crippen LogP contribution in [-0.4, -0.2) is 61.5 Å². The number of ether oxygens (including phenoxy) is 1. The van der Waals surface area contributed by atoms with Gasteiger partial charge in [-0.15, -0.1) is 0 Å². The summed E-state index contributed by atoms with van der Waals surface area (Å²) in [5, 5.41) is 0. The molecule has 0 unspecified atom stereocenters. The lowest BCUT2D eigenvalue weighted by Gasteiger charge is -2.32. The van der Waals surface area contributed by atoms with Gasteiger partial charge in [0.15, 0.2) is 0 Å². The first kappa shape index (κ1) is 17.3. The third kappa shape index (κ3) is 5.90. The molecule has 126 valence electrons. The Balaban J connectivity index is 1.61. The van der Waals surface area contributed by atoms with Crippen molar-refractivity contribution in [3.05, 3.63) is 29.8 Å². The molecule has 1 heterocycles. The molecule has 1 aliphatic heterocycles. The summed E-state index contributed by atoms with van der Waals surface area (Å²) in [6.45, 7) is 3.57. The maximum Gasteiger partial charge on any atom is 0.306 e. The van der Waals surface area contributed by atoms with Crippen LogP contribution in [0, 0.1) is 0 Å². The number of amides is 1. The predicted molar refractivity (Wildman–Crippen MR) is 88.8 cm³/mol. The molecule has 2 N–H and O–H groups in total. The zero-order valence-corrected chi connectivity index (χ0v) is 13.7. The van der Waals surface area contributed by atoms with E-state index in [0.29, 0.717) is 18.7 Å². The van der Waals surface area contributed by atoms with Gasteiger partial charge in [-0.05, 0) is 24.7 Å². The lowest BCUT2D eigenvalue weighted by molar-refractivity contribution is -0.146. The Morgan fingerprint density at radius 1 is 1.09 bits per heavy atom. The summed E-state index contributed by atoms with van der Waals surface area (Å²) in [6, 6.07) is 7.48. The van der Waals surface area contributed by atoms with Gasteiger partial charge in [0.25, 0.3) is 0 Å². The summed E-state index contributed by atoms with van der Waals surface area (Å²) in [5.41, 5.74) is 7.40. The molecular weight excluding hydrogens is 294 g/mol. The minimum Gasteiger partial charge on any atom is -0.465 e. The number of nitrogens with zero attached hydrogens (tertiary/aromatic N) is 2. The van der Waals surface area contributed by atoms with Crippen molar-refractivity contribution < 1.29 is 14.3 Å². The Bertz CT molecular complexity index is 522. The van der Waals surface area contributed by atoms with Crippen molar-refractivity contribution in [2.24, 2.45) is 0 Å². The van der Waals surface area contributed by atoms with E-state index >= 15 is 0 Å². The fraction of sp³-hybridized carbons (Fsp3) is 0.529. The van der Waals surface area contributed by atoms with E-state index in [0.717, 1.165) is 31.7 Å². The number of esters is 1. The van der Waals surface area contributed by atoms with E-state index in [2.05, 4.69) is 4.90 Å². The average molecular weight is 319 g/mol. The van der Waals surface area contributed by atoms with E-state index in [1.165, 1.54) is 0 Å². The fourth-order valence-corrected chi connectivity index (χ4v) is 2.46. The molecule has 1 aromatic carbocycles. The highest BCUT2D eigenvalue weighted by molar-refractivity contribution is 5.81. The Kier molecular flexibility index (Phi) is 6.40. The number of benzene rings is 1. The first-order valence-electron chi connectivity index (χ1n) is 8.01. The summed E-state index contributed by atoms with van der Waals surface area (Å²) in [4.78, 5) is 27.7.